The van der Waals surface area contributed by atoms with Crippen LogP contribution in [0.3, 0.4) is 0 Å². The number of halogens is 1. The molecule has 0 radical (unpaired) electrons. The Morgan fingerprint density at radius 1 is 1.44 bits per heavy atom. The average Bonchev–Trinajstić information content (AvgIpc) is 2.35. The van der Waals surface area contributed by atoms with E-state index in [0.717, 1.165) is 4.90 Å². The van der Waals surface area contributed by atoms with Crippen LogP contribution >= 0.6 is 0 Å². The van der Waals surface area contributed by atoms with Crippen LogP contribution < -0.4 is 10.2 Å². The summed E-state index contributed by atoms with van der Waals surface area (Å²) in [5.74, 6) is -1.97. The molecule has 0 aliphatic heterocycles. The molecular weight excluding hydrogens is 243 g/mol. The van der Waals surface area contributed by atoms with Crippen molar-refractivity contribution in [3.63, 3.8) is 0 Å². The Morgan fingerprint density at radius 3 is 2.56 bits per heavy atom. The summed E-state index contributed by atoms with van der Waals surface area (Å²) in [6.45, 7) is -0.744. The summed E-state index contributed by atoms with van der Waals surface area (Å²) in [5.41, 5.74) is 0.0112. The predicted molar refractivity (Wildman–Crippen MR) is 61.8 cm³/mol. The molecule has 7 heteroatoms. The van der Waals surface area contributed by atoms with Crippen molar-refractivity contribution in [1.82, 2.24) is 5.32 Å². The third-order valence-electron chi connectivity index (χ3n) is 2.30. The Morgan fingerprint density at radius 2 is 2.06 bits per heavy atom. The number of aliphatic hydroxyl groups excluding tert-OH is 1. The number of carboxylic acids is 1. The van der Waals surface area contributed by atoms with Gasteiger partial charge in [0.1, 0.15) is 5.82 Å². The van der Waals surface area contributed by atoms with Gasteiger partial charge in [-0.2, -0.15) is 0 Å². The molecule has 0 bridgehead atoms. The maximum Gasteiger partial charge on any atom is 0.328 e. The molecule has 6 nitrogen and oxygen atoms in total. The Hall–Kier alpha value is -2.15. The fourth-order valence-corrected chi connectivity index (χ4v) is 1.26. The van der Waals surface area contributed by atoms with Gasteiger partial charge in [-0.05, 0) is 12.1 Å². The summed E-state index contributed by atoms with van der Waals surface area (Å²) in [4.78, 5) is 23.2. The molecule has 1 aromatic rings. The highest BCUT2D eigenvalue weighted by molar-refractivity contribution is 5.94. The third-order valence-corrected chi connectivity index (χ3v) is 2.30. The first kappa shape index (κ1) is 13.9. The number of carbonyl (C=O) groups excluding carboxylic acids is 1. The quantitative estimate of drug-likeness (QED) is 0.728. The highest BCUT2D eigenvalue weighted by atomic mass is 19.1. The first-order valence-electron chi connectivity index (χ1n) is 5.09. The number of urea groups is 1. The monoisotopic (exact) mass is 256 g/mol. The molecule has 0 aliphatic rings. The second-order valence-corrected chi connectivity index (χ2v) is 3.53. The second kappa shape index (κ2) is 5.97. The van der Waals surface area contributed by atoms with E-state index in [0.29, 0.717) is 0 Å². The zero-order valence-corrected chi connectivity index (χ0v) is 9.63. The van der Waals surface area contributed by atoms with Gasteiger partial charge in [0.15, 0.2) is 6.04 Å². The lowest BCUT2D eigenvalue weighted by Crippen LogP contribution is -2.48. The topological polar surface area (TPSA) is 89.9 Å². The van der Waals surface area contributed by atoms with Gasteiger partial charge in [0.05, 0.1) is 12.3 Å². The number of hydrogen-bond acceptors (Lipinski definition) is 3. The minimum absolute atomic E-state index is 0.0112. The van der Waals surface area contributed by atoms with E-state index in [1.165, 1.54) is 25.2 Å². The van der Waals surface area contributed by atoms with Crippen LogP contribution in [0.4, 0.5) is 14.9 Å². The summed E-state index contributed by atoms with van der Waals surface area (Å²) < 4.78 is 13.4. The number of aliphatic hydroxyl groups is 1. The highest BCUT2D eigenvalue weighted by Gasteiger charge is 2.22. The number of nitrogens with zero attached hydrogens (tertiary/aromatic N) is 1. The van der Waals surface area contributed by atoms with Crippen LogP contribution in [-0.4, -0.2) is 41.9 Å². The Bertz CT molecular complexity index is 452. The number of para-hydroxylation sites is 1. The van der Waals surface area contributed by atoms with E-state index >= 15 is 0 Å². The lowest BCUT2D eigenvalue weighted by Gasteiger charge is -2.20. The maximum absolute atomic E-state index is 13.4. The van der Waals surface area contributed by atoms with E-state index in [2.05, 4.69) is 5.32 Å². The molecule has 0 unspecified atom stereocenters. The summed E-state index contributed by atoms with van der Waals surface area (Å²) in [6.07, 6.45) is 0. The molecule has 1 aromatic carbocycles. The number of rotatable bonds is 4. The van der Waals surface area contributed by atoms with Crippen molar-refractivity contribution in [2.24, 2.45) is 0 Å². The van der Waals surface area contributed by atoms with Gasteiger partial charge in [0.25, 0.3) is 0 Å². The van der Waals surface area contributed by atoms with Gasteiger partial charge in [-0.1, -0.05) is 12.1 Å². The molecule has 0 spiro atoms. The fraction of sp³-hybridized carbons (Fsp3) is 0.273. The molecule has 0 aromatic heterocycles. The molecule has 2 amide bonds. The van der Waals surface area contributed by atoms with Crippen LogP contribution in [0.5, 0.6) is 0 Å². The lowest BCUT2D eigenvalue weighted by atomic mass is 10.3. The van der Waals surface area contributed by atoms with Crippen LogP contribution in [0.1, 0.15) is 0 Å². The molecule has 0 heterocycles. The molecule has 0 fully saturated rings. The van der Waals surface area contributed by atoms with E-state index in [9.17, 15) is 14.0 Å². The second-order valence-electron chi connectivity index (χ2n) is 3.53. The van der Waals surface area contributed by atoms with Crippen LogP contribution in [-0.2, 0) is 4.79 Å². The summed E-state index contributed by atoms with van der Waals surface area (Å²) >= 11 is 0. The number of hydrogen-bond donors (Lipinski definition) is 3. The first-order chi connectivity index (χ1) is 8.47. The minimum atomic E-state index is -1.42. The van der Waals surface area contributed by atoms with Gasteiger partial charge >= 0.3 is 12.0 Å². The van der Waals surface area contributed by atoms with Gasteiger partial charge < -0.3 is 15.5 Å². The maximum atomic E-state index is 13.4. The van der Waals surface area contributed by atoms with Crippen molar-refractivity contribution in [3.8, 4) is 0 Å². The lowest BCUT2D eigenvalue weighted by molar-refractivity contribution is -0.140. The van der Waals surface area contributed by atoms with Crippen molar-refractivity contribution < 1.29 is 24.2 Å². The summed E-state index contributed by atoms with van der Waals surface area (Å²) in [7, 11) is 1.30. The van der Waals surface area contributed by atoms with Crippen LogP contribution in [0.25, 0.3) is 0 Å². The number of anilines is 1. The Labute approximate surface area is 103 Å². The number of amides is 2. The standard InChI is InChI=1S/C11H13FN2O4/c1-14(9-5-3-2-4-7(9)12)11(18)13-8(6-15)10(16)17/h2-5,8,15H,6H2,1H3,(H,13,18)(H,16,17)/t8-/m0/s1. The van der Waals surface area contributed by atoms with E-state index in [-0.39, 0.29) is 5.69 Å². The van der Waals surface area contributed by atoms with Crippen molar-refractivity contribution in [1.29, 1.82) is 0 Å². The van der Waals surface area contributed by atoms with Crippen molar-refractivity contribution in [2.45, 2.75) is 6.04 Å². The van der Waals surface area contributed by atoms with Gasteiger partial charge in [-0.15, -0.1) is 0 Å². The van der Waals surface area contributed by atoms with Gasteiger partial charge in [-0.25, -0.2) is 14.0 Å². The zero-order chi connectivity index (χ0) is 13.7. The van der Waals surface area contributed by atoms with Gasteiger partial charge in [0.2, 0.25) is 0 Å². The van der Waals surface area contributed by atoms with Crippen LogP contribution in [0.2, 0.25) is 0 Å². The third kappa shape index (κ3) is 3.17. The largest absolute Gasteiger partial charge is 0.480 e. The van der Waals surface area contributed by atoms with Crippen molar-refractivity contribution in [3.05, 3.63) is 30.1 Å². The predicted octanol–water partition coefficient (Wildman–Crippen LogP) is 0.417. The van der Waals surface area contributed by atoms with Gasteiger partial charge in [0, 0.05) is 7.05 Å². The molecule has 0 saturated heterocycles. The minimum Gasteiger partial charge on any atom is -0.480 e. The number of benzene rings is 1. The van der Waals surface area contributed by atoms with Crippen molar-refractivity contribution in [2.75, 3.05) is 18.6 Å². The number of nitrogens with one attached hydrogen (secondary N) is 1. The molecule has 0 saturated carbocycles. The fourth-order valence-electron chi connectivity index (χ4n) is 1.26. The average molecular weight is 256 g/mol. The molecular formula is C11H13FN2O4. The SMILES string of the molecule is CN(C(=O)N[C@@H](CO)C(=O)O)c1ccccc1F. The van der Waals surface area contributed by atoms with E-state index in [1.807, 2.05) is 0 Å². The van der Waals surface area contributed by atoms with Gasteiger partial charge in [-0.3, -0.25) is 4.90 Å². The van der Waals surface area contributed by atoms with E-state index in [1.54, 1.807) is 6.07 Å². The van der Waals surface area contributed by atoms with E-state index in [4.69, 9.17) is 10.2 Å². The summed E-state index contributed by atoms with van der Waals surface area (Å²) in [5, 5.41) is 19.5. The van der Waals surface area contributed by atoms with E-state index < -0.39 is 30.5 Å². The smallest absolute Gasteiger partial charge is 0.328 e. The number of carbonyl (C=O) groups is 2. The van der Waals surface area contributed by atoms with Crippen molar-refractivity contribution >= 4 is 17.7 Å². The van der Waals surface area contributed by atoms with Crippen LogP contribution in [0.15, 0.2) is 24.3 Å². The molecule has 1 rings (SSSR count). The normalized spacial score (nSPS) is 11.7. The molecule has 0 aliphatic carbocycles. The summed E-state index contributed by atoms with van der Waals surface area (Å²) in [6, 6.07) is 3.33. The molecule has 18 heavy (non-hydrogen) atoms. The Balaban J connectivity index is 2.79. The molecule has 98 valence electrons. The Kier molecular flexibility index (Phi) is 4.61. The molecule has 3 N–H and O–H groups in total. The first-order valence-corrected chi connectivity index (χ1v) is 5.09. The molecule has 1 atom stereocenters. The zero-order valence-electron chi connectivity index (χ0n) is 9.63. The highest BCUT2D eigenvalue weighted by Crippen LogP contribution is 2.16. The number of aliphatic carboxylic acids is 1. The number of carboxylic acid groups (broad SMARTS) is 1. The van der Waals surface area contributed by atoms with Crippen LogP contribution in [0, 0.1) is 5.82 Å².